The van der Waals surface area contributed by atoms with Gasteiger partial charge in [-0.1, -0.05) is 30.3 Å². The monoisotopic (exact) mass is 414 g/mol. The van der Waals surface area contributed by atoms with E-state index in [-0.39, 0.29) is 39.0 Å². The molecule has 6 nitrogen and oxygen atoms in total. The van der Waals surface area contributed by atoms with E-state index in [0.29, 0.717) is 17.1 Å². The molecule has 0 aromatic heterocycles. The van der Waals surface area contributed by atoms with Crippen molar-refractivity contribution in [3.8, 4) is 11.5 Å². The van der Waals surface area contributed by atoms with E-state index < -0.39 is 5.41 Å². The number of aliphatic hydroxyl groups is 2. The Labute approximate surface area is 177 Å². The predicted octanol–water partition coefficient (Wildman–Crippen LogP) is 3.24. The summed E-state index contributed by atoms with van der Waals surface area (Å²) in [7, 11) is 0. The predicted molar refractivity (Wildman–Crippen MR) is 115 cm³/mol. The number of carbonyl (C=O) groups excluding carboxylic acids is 1. The molecular formula is C24H30O6. The van der Waals surface area contributed by atoms with Gasteiger partial charge in [0.1, 0.15) is 31.3 Å². The number of allylic oxidation sites excluding steroid dienone is 1. The number of rotatable bonds is 11. The lowest BCUT2D eigenvalue weighted by Crippen LogP contribution is -2.31. The number of ether oxygens (including phenoxy) is 3. The van der Waals surface area contributed by atoms with Gasteiger partial charge in [-0.3, -0.25) is 0 Å². The van der Waals surface area contributed by atoms with Crippen molar-refractivity contribution in [2.45, 2.75) is 26.2 Å². The van der Waals surface area contributed by atoms with Crippen LogP contribution >= 0.6 is 0 Å². The molecule has 0 bridgehead atoms. The topological polar surface area (TPSA) is 85.2 Å². The summed E-state index contributed by atoms with van der Waals surface area (Å²) in [4.78, 5) is 12.3. The maximum absolute atomic E-state index is 12.3. The Balaban J connectivity index is 2.32. The molecule has 0 aliphatic heterocycles. The molecule has 0 heterocycles. The first-order valence-corrected chi connectivity index (χ1v) is 9.93. The molecule has 0 saturated heterocycles. The molecule has 6 heteroatoms. The maximum Gasteiger partial charge on any atom is 0.333 e. The summed E-state index contributed by atoms with van der Waals surface area (Å²) in [5.41, 5.74) is 1.86. The lowest BCUT2D eigenvalue weighted by Gasteiger charge is -2.31. The van der Waals surface area contributed by atoms with E-state index >= 15 is 0 Å². The molecule has 0 aliphatic rings. The van der Waals surface area contributed by atoms with Gasteiger partial charge in [-0.15, -0.1) is 0 Å². The second-order valence-corrected chi connectivity index (χ2v) is 7.07. The summed E-state index contributed by atoms with van der Waals surface area (Å²) >= 11 is 0. The Bertz CT molecular complexity index is 772. The minimum absolute atomic E-state index is 0.0512. The van der Waals surface area contributed by atoms with Gasteiger partial charge >= 0.3 is 5.97 Å². The standard InChI is InChI=1S/C24H30O6/c1-4-18(2)23(27)30-17-24(3,19-5-9-21(10-6-19)28-15-13-25)20-7-11-22(12-8-20)29-16-14-26/h4-12,25-26H,13-17H2,1-3H3. The largest absolute Gasteiger partial charge is 0.491 e. The second-order valence-electron chi connectivity index (χ2n) is 7.07. The van der Waals surface area contributed by atoms with Gasteiger partial charge in [0.15, 0.2) is 0 Å². The van der Waals surface area contributed by atoms with Crippen LogP contribution in [0.2, 0.25) is 0 Å². The molecule has 0 spiro atoms. The number of esters is 1. The Hall–Kier alpha value is -2.83. The fourth-order valence-electron chi connectivity index (χ4n) is 2.94. The SMILES string of the molecule is CC=C(C)C(=O)OCC(C)(c1ccc(OCCO)cc1)c1ccc(OCCO)cc1. The molecule has 0 unspecified atom stereocenters. The first-order valence-electron chi connectivity index (χ1n) is 9.93. The molecule has 2 aromatic rings. The number of hydrogen-bond donors (Lipinski definition) is 2. The van der Waals surface area contributed by atoms with Crippen LogP contribution in [0, 0.1) is 0 Å². The molecule has 0 amide bonds. The van der Waals surface area contributed by atoms with Gasteiger partial charge in [0.05, 0.1) is 18.6 Å². The lowest BCUT2D eigenvalue weighted by molar-refractivity contribution is -0.140. The van der Waals surface area contributed by atoms with Gasteiger partial charge in [-0.2, -0.15) is 0 Å². The minimum atomic E-state index is -0.602. The van der Waals surface area contributed by atoms with Crippen molar-refractivity contribution < 1.29 is 29.2 Å². The molecular weight excluding hydrogens is 384 g/mol. The van der Waals surface area contributed by atoms with Crippen molar-refractivity contribution in [1.29, 1.82) is 0 Å². The van der Waals surface area contributed by atoms with Crippen LogP contribution in [-0.2, 0) is 14.9 Å². The average Bonchev–Trinajstić information content (AvgIpc) is 2.79. The van der Waals surface area contributed by atoms with Gasteiger partial charge in [-0.25, -0.2) is 4.79 Å². The van der Waals surface area contributed by atoms with E-state index in [0.717, 1.165) is 11.1 Å². The highest BCUT2D eigenvalue weighted by molar-refractivity contribution is 5.87. The summed E-state index contributed by atoms with van der Waals surface area (Å²) in [5.74, 6) is 0.962. The number of carbonyl (C=O) groups is 1. The third kappa shape index (κ3) is 6.08. The van der Waals surface area contributed by atoms with Crippen molar-refractivity contribution in [2.75, 3.05) is 33.0 Å². The molecule has 0 atom stereocenters. The van der Waals surface area contributed by atoms with Crippen LogP contribution in [-0.4, -0.2) is 49.2 Å². The van der Waals surface area contributed by atoms with Crippen LogP contribution in [0.3, 0.4) is 0 Å². The van der Waals surface area contributed by atoms with E-state index in [1.807, 2.05) is 55.5 Å². The van der Waals surface area contributed by atoms with E-state index in [1.54, 1.807) is 19.9 Å². The Morgan fingerprint density at radius 1 is 0.900 bits per heavy atom. The van der Waals surface area contributed by atoms with Gasteiger partial charge in [0.2, 0.25) is 0 Å². The highest BCUT2D eigenvalue weighted by Gasteiger charge is 2.31. The van der Waals surface area contributed by atoms with Crippen LogP contribution in [0.1, 0.15) is 31.9 Å². The van der Waals surface area contributed by atoms with Crippen LogP contribution < -0.4 is 9.47 Å². The van der Waals surface area contributed by atoms with Crippen LogP contribution in [0.15, 0.2) is 60.2 Å². The molecule has 162 valence electrons. The molecule has 0 fully saturated rings. The van der Waals surface area contributed by atoms with Crippen molar-refractivity contribution in [2.24, 2.45) is 0 Å². The lowest BCUT2D eigenvalue weighted by atomic mass is 9.77. The van der Waals surface area contributed by atoms with Crippen LogP contribution in [0.25, 0.3) is 0 Å². The molecule has 2 N–H and O–H groups in total. The molecule has 30 heavy (non-hydrogen) atoms. The van der Waals surface area contributed by atoms with Crippen LogP contribution in [0.4, 0.5) is 0 Å². The first kappa shape index (κ1) is 23.4. The maximum atomic E-state index is 12.3. The van der Waals surface area contributed by atoms with Gasteiger partial charge < -0.3 is 24.4 Å². The van der Waals surface area contributed by atoms with Gasteiger partial charge in [-0.05, 0) is 56.2 Å². The van der Waals surface area contributed by atoms with Crippen molar-refractivity contribution in [3.05, 3.63) is 71.3 Å². The molecule has 2 aromatic carbocycles. The Kier molecular flexibility index (Phi) is 8.89. The Morgan fingerprint density at radius 2 is 1.33 bits per heavy atom. The highest BCUT2D eigenvalue weighted by atomic mass is 16.5. The minimum Gasteiger partial charge on any atom is -0.491 e. The zero-order valence-corrected chi connectivity index (χ0v) is 17.8. The van der Waals surface area contributed by atoms with E-state index in [4.69, 9.17) is 24.4 Å². The van der Waals surface area contributed by atoms with Crippen molar-refractivity contribution in [1.82, 2.24) is 0 Å². The van der Waals surface area contributed by atoms with Crippen LogP contribution in [0.5, 0.6) is 11.5 Å². The van der Waals surface area contributed by atoms with Crippen molar-refractivity contribution in [3.63, 3.8) is 0 Å². The smallest absolute Gasteiger partial charge is 0.333 e. The molecule has 0 radical (unpaired) electrons. The quantitative estimate of drug-likeness (QED) is 0.434. The number of aliphatic hydroxyl groups excluding tert-OH is 2. The molecule has 0 aliphatic carbocycles. The second kappa shape index (κ2) is 11.4. The first-order chi connectivity index (χ1) is 14.4. The summed E-state index contributed by atoms with van der Waals surface area (Å²) in [6, 6.07) is 15.1. The summed E-state index contributed by atoms with van der Waals surface area (Å²) < 4.78 is 16.5. The third-order valence-corrected chi connectivity index (χ3v) is 4.95. The summed E-state index contributed by atoms with van der Waals surface area (Å²) in [6.45, 7) is 6.04. The zero-order valence-electron chi connectivity index (χ0n) is 17.8. The Morgan fingerprint density at radius 3 is 1.70 bits per heavy atom. The van der Waals surface area contributed by atoms with Gasteiger partial charge in [0.25, 0.3) is 0 Å². The average molecular weight is 414 g/mol. The normalized spacial score (nSPS) is 11.8. The zero-order chi connectivity index (χ0) is 22.0. The van der Waals surface area contributed by atoms with Gasteiger partial charge in [0, 0.05) is 5.57 Å². The fraction of sp³-hybridized carbons (Fsp3) is 0.375. The summed E-state index contributed by atoms with van der Waals surface area (Å²) in [5, 5.41) is 17.8. The molecule has 0 saturated carbocycles. The third-order valence-electron chi connectivity index (χ3n) is 4.95. The number of benzene rings is 2. The van der Waals surface area contributed by atoms with E-state index in [2.05, 4.69) is 0 Å². The molecule has 2 rings (SSSR count). The van der Waals surface area contributed by atoms with E-state index in [1.165, 1.54) is 0 Å². The van der Waals surface area contributed by atoms with Crippen molar-refractivity contribution >= 4 is 5.97 Å². The van der Waals surface area contributed by atoms with E-state index in [9.17, 15) is 4.79 Å². The number of hydrogen-bond acceptors (Lipinski definition) is 6. The summed E-state index contributed by atoms with van der Waals surface area (Å²) in [6.07, 6.45) is 1.72. The highest BCUT2D eigenvalue weighted by Crippen LogP contribution is 2.34. The fourth-order valence-corrected chi connectivity index (χ4v) is 2.94.